The van der Waals surface area contributed by atoms with Gasteiger partial charge in [0.25, 0.3) is 0 Å². The highest BCUT2D eigenvalue weighted by Crippen LogP contribution is 2.41. The van der Waals surface area contributed by atoms with Gasteiger partial charge in [-0.2, -0.15) is 18.3 Å². The van der Waals surface area contributed by atoms with Crippen LogP contribution in [0.15, 0.2) is 48.7 Å². The molecule has 13 heteroatoms. The zero-order chi connectivity index (χ0) is 28.1. The average Bonchev–Trinajstić information content (AvgIpc) is 3.22. The fourth-order valence-corrected chi connectivity index (χ4v) is 4.70. The van der Waals surface area contributed by atoms with Gasteiger partial charge in [-0.05, 0) is 25.1 Å². The third kappa shape index (κ3) is 4.79. The molecule has 0 saturated carbocycles. The zero-order valence-corrected chi connectivity index (χ0v) is 20.8. The molecule has 39 heavy (non-hydrogen) atoms. The van der Waals surface area contributed by atoms with Crippen molar-refractivity contribution in [1.82, 2.24) is 19.7 Å². The van der Waals surface area contributed by atoms with E-state index in [9.17, 15) is 31.9 Å². The molecule has 2 N–H and O–H groups in total. The molecule has 3 heterocycles. The highest BCUT2D eigenvalue weighted by molar-refractivity contribution is 5.94. The Bertz CT molecular complexity index is 1560. The van der Waals surface area contributed by atoms with Gasteiger partial charge < -0.3 is 20.2 Å². The van der Waals surface area contributed by atoms with Gasteiger partial charge in [-0.25, -0.2) is 18.6 Å². The molecule has 0 radical (unpaired) electrons. The quantitative estimate of drug-likeness (QED) is 0.337. The van der Waals surface area contributed by atoms with E-state index >= 15 is 0 Å². The van der Waals surface area contributed by atoms with E-state index in [1.54, 1.807) is 23.1 Å². The van der Waals surface area contributed by atoms with Crippen LogP contribution >= 0.6 is 0 Å². The minimum atomic E-state index is -5.16. The van der Waals surface area contributed by atoms with Crippen molar-refractivity contribution in [2.24, 2.45) is 7.05 Å². The summed E-state index contributed by atoms with van der Waals surface area (Å²) in [6.45, 7) is 3.24. The number of piperazine rings is 1. The van der Waals surface area contributed by atoms with Crippen LogP contribution in [0, 0.1) is 11.6 Å². The van der Waals surface area contributed by atoms with Crippen LogP contribution in [0.4, 0.5) is 38.3 Å². The highest BCUT2D eigenvalue weighted by atomic mass is 19.4. The van der Waals surface area contributed by atoms with E-state index in [4.69, 9.17) is 0 Å². The molecule has 2 aromatic carbocycles. The summed E-state index contributed by atoms with van der Waals surface area (Å²) in [5.74, 6) is -4.84. The number of alkyl halides is 3. The van der Waals surface area contributed by atoms with E-state index in [1.807, 2.05) is 30.0 Å². The van der Waals surface area contributed by atoms with Crippen LogP contribution in [-0.4, -0.2) is 56.5 Å². The van der Waals surface area contributed by atoms with Crippen molar-refractivity contribution in [3.05, 3.63) is 65.9 Å². The summed E-state index contributed by atoms with van der Waals surface area (Å²) in [4.78, 5) is 20.8. The third-order valence-corrected chi connectivity index (χ3v) is 6.70. The summed E-state index contributed by atoms with van der Waals surface area (Å²) < 4.78 is 70.0. The third-order valence-electron chi connectivity index (χ3n) is 6.70. The van der Waals surface area contributed by atoms with Crippen LogP contribution < -0.4 is 10.2 Å². The lowest BCUT2D eigenvalue weighted by Crippen LogP contribution is -2.55. The number of aryl methyl sites for hydroxylation is 1. The maximum absolute atomic E-state index is 14.7. The first-order valence-electron chi connectivity index (χ1n) is 11.9. The molecular weight excluding hydrogens is 523 g/mol. The molecule has 1 fully saturated rings. The molecule has 1 aliphatic heterocycles. The minimum absolute atomic E-state index is 0.167. The number of nitrogens with zero attached hydrogens (tertiary/aromatic N) is 5. The van der Waals surface area contributed by atoms with Crippen molar-refractivity contribution in [2.45, 2.75) is 19.1 Å². The summed E-state index contributed by atoms with van der Waals surface area (Å²) in [6, 6.07) is 10.6. The van der Waals surface area contributed by atoms with Crippen molar-refractivity contribution < 1.29 is 31.9 Å². The molecule has 2 amide bonds. The summed E-state index contributed by atoms with van der Waals surface area (Å²) >= 11 is 0. The van der Waals surface area contributed by atoms with Crippen molar-refractivity contribution in [1.29, 1.82) is 0 Å². The maximum Gasteiger partial charge on any atom is 0.419 e. The number of benzene rings is 2. The molecule has 0 aliphatic carbocycles. The van der Waals surface area contributed by atoms with Gasteiger partial charge in [-0.15, -0.1) is 0 Å². The number of para-hydroxylation sites is 1. The molecule has 1 aliphatic rings. The Kier molecular flexibility index (Phi) is 6.52. The standard InChI is InChI=1S/C26H23F5N6O2/c1-14-13-36(8-9-37(14)25(39)33-15-6-4-3-5-7-15)20-11-19-17(12-32-20)23(34-35(19)2)16-10-18(26(29,30)31)22(28)24(38)21(16)27/h3-7,10-12,14,38H,8-9,13H2,1-2H3,(H,33,39)/t14-/m0/s1. The Morgan fingerprint density at radius 3 is 2.49 bits per heavy atom. The number of halogens is 5. The number of urea groups is 1. The number of pyridine rings is 1. The molecule has 0 spiro atoms. The van der Waals surface area contributed by atoms with Crippen molar-refractivity contribution in [3.63, 3.8) is 0 Å². The molecule has 1 saturated heterocycles. The molecule has 204 valence electrons. The summed E-state index contributed by atoms with van der Waals surface area (Å²) in [7, 11) is 1.52. The fourth-order valence-electron chi connectivity index (χ4n) is 4.70. The lowest BCUT2D eigenvalue weighted by Gasteiger charge is -2.40. The van der Waals surface area contributed by atoms with E-state index in [0.29, 0.717) is 42.7 Å². The molecule has 5 rings (SSSR count). The summed E-state index contributed by atoms with van der Waals surface area (Å²) in [5, 5.41) is 16.9. The molecule has 1 atom stereocenters. The van der Waals surface area contributed by atoms with Crippen LogP contribution in [0.5, 0.6) is 5.75 Å². The Hall–Kier alpha value is -4.42. The van der Waals surface area contributed by atoms with Gasteiger partial charge in [0.15, 0.2) is 17.4 Å². The van der Waals surface area contributed by atoms with E-state index in [-0.39, 0.29) is 23.2 Å². The number of fused-ring (bicyclic) bond motifs is 1. The topological polar surface area (TPSA) is 86.5 Å². The van der Waals surface area contributed by atoms with Gasteiger partial charge in [0.2, 0.25) is 0 Å². The SMILES string of the molecule is C[C@H]1CN(c2cc3c(cn2)c(-c2cc(C(F)(F)F)c(F)c(O)c2F)nn3C)CCN1C(=O)Nc1ccccc1. The van der Waals surface area contributed by atoms with E-state index in [0.717, 1.165) is 0 Å². The number of phenols is 1. The predicted octanol–water partition coefficient (Wildman–Crippen LogP) is 5.38. The largest absolute Gasteiger partial charge is 0.503 e. The number of nitrogens with one attached hydrogen (secondary N) is 1. The van der Waals surface area contributed by atoms with Crippen LogP contribution in [-0.2, 0) is 13.2 Å². The first-order chi connectivity index (χ1) is 18.5. The summed E-state index contributed by atoms with van der Waals surface area (Å²) in [5.41, 5.74) is -1.61. The van der Waals surface area contributed by atoms with E-state index in [1.165, 1.54) is 17.9 Å². The predicted molar refractivity (Wildman–Crippen MR) is 134 cm³/mol. The molecule has 0 unspecified atom stereocenters. The smallest absolute Gasteiger partial charge is 0.419 e. The first-order valence-corrected chi connectivity index (χ1v) is 11.9. The van der Waals surface area contributed by atoms with Crippen molar-refractivity contribution in [3.8, 4) is 17.0 Å². The lowest BCUT2D eigenvalue weighted by atomic mass is 10.0. The molecule has 2 aromatic heterocycles. The number of rotatable bonds is 3. The van der Waals surface area contributed by atoms with Crippen molar-refractivity contribution >= 4 is 28.4 Å². The monoisotopic (exact) mass is 546 g/mol. The lowest BCUT2D eigenvalue weighted by molar-refractivity contribution is -0.140. The Labute approximate surface area is 219 Å². The number of phenolic OH excluding ortho intramolecular Hbond substituents is 1. The molecule has 0 bridgehead atoms. The maximum atomic E-state index is 14.7. The molecule has 8 nitrogen and oxygen atoms in total. The Morgan fingerprint density at radius 1 is 1.10 bits per heavy atom. The Balaban J connectivity index is 1.41. The van der Waals surface area contributed by atoms with Gasteiger partial charge in [0.1, 0.15) is 11.5 Å². The van der Waals surface area contributed by atoms with Gasteiger partial charge >= 0.3 is 12.2 Å². The number of anilines is 2. The van der Waals surface area contributed by atoms with Gasteiger partial charge in [0.05, 0.1) is 11.1 Å². The van der Waals surface area contributed by atoms with Crippen molar-refractivity contribution in [2.75, 3.05) is 29.9 Å². The molecule has 4 aromatic rings. The minimum Gasteiger partial charge on any atom is -0.503 e. The number of amides is 2. The number of hydrogen-bond donors (Lipinski definition) is 2. The summed E-state index contributed by atoms with van der Waals surface area (Å²) in [6.07, 6.45) is -3.81. The van der Waals surface area contributed by atoms with Crippen LogP contribution in [0.2, 0.25) is 0 Å². The average molecular weight is 547 g/mol. The Morgan fingerprint density at radius 2 is 1.82 bits per heavy atom. The first kappa shape index (κ1) is 26.2. The second-order valence-corrected chi connectivity index (χ2v) is 9.26. The van der Waals surface area contributed by atoms with Gasteiger partial charge in [-0.1, -0.05) is 18.2 Å². The van der Waals surface area contributed by atoms with Gasteiger partial charge in [0, 0.05) is 61.6 Å². The van der Waals surface area contributed by atoms with Crippen LogP contribution in [0.1, 0.15) is 12.5 Å². The second kappa shape index (κ2) is 9.71. The number of aromatic hydroxyl groups is 1. The number of carbonyl (C=O) groups is 1. The number of aromatic nitrogens is 3. The van der Waals surface area contributed by atoms with Crippen LogP contribution in [0.25, 0.3) is 22.2 Å². The van der Waals surface area contributed by atoms with Gasteiger partial charge in [-0.3, -0.25) is 4.68 Å². The van der Waals surface area contributed by atoms with Crippen LogP contribution in [0.3, 0.4) is 0 Å². The van der Waals surface area contributed by atoms with E-state index in [2.05, 4.69) is 15.4 Å². The second-order valence-electron chi connectivity index (χ2n) is 9.26. The van der Waals surface area contributed by atoms with E-state index < -0.39 is 34.7 Å². The number of carbonyl (C=O) groups excluding carboxylic acids is 1. The number of hydrogen-bond acceptors (Lipinski definition) is 5. The normalized spacial score (nSPS) is 16.1. The zero-order valence-electron chi connectivity index (χ0n) is 20.8. The highest BCUT2D eigenvalue weighted by Gasteiger charge is 2.38. The molecular formula is C26H23F5N6O2. The fraction of sp³-hybridized carbons (Fsp3) is 0.269.